The molecule has 0 unspecified atom stereocenters. The summed E-state index contributed by atoms with van der Waals surface area (Å²) in [5.41, 5.74) is 1.22. The summed E-state index contributed by atoms with van der Waals surface area (Å²) in [6.07, 6.45) is 3.28. The number of hydrogen-bond donors (Lipinski definition) is 2. The fourth-order valence-corrected chi connectivity index (χ4v) is 3.54. The van der Waals surface area contributed by atoms with Crippen LogP contribution in [0, 0.1) is 0 Å². The van der Waals surface area contributed by atoms with Crippen molar-refractivity contribution in [2.45, 2.75) is 33.1 Å². The number of nitrogens with zero attached hydrogens (tertiary/aromatic N) is 3. The average molecular weight is 420 g/mol. The van der Waals surface area contributed by atoms with Crippen LogP contribution in [0.3, 0.4) is 0 Å². The minimum absolute atomic E-state index is 0.632. The van der Waals surface area contributed by atoms with E-state index >= 15 is 0 Å². The van der Waals surface area contributed by atoms with Gasteiger partial charge in [0.15, 0.2) is 17.5 Å². The molecule has 1 saturated heterocycles. The molecule has 1 aromatic rings. The molecular weight excluding hydrogens is 378 g/mol. The molecule has 1 fully saturated rings. The molecule has 7 heteroatoms. The summed E-state index contributed by atoms with van der Waals surface area (Å²) in [6.45, 7) is 13.0. The molecular formula is C23H41N5O2. The predicted octanol–water partition coefficient (Wildman–Crippen LogP) is 2.22. The van der Waals surface area contributed by atoms with Crippen LogP contribution in [-0.4, -0.2) is 88.9 Å². The third-order valence-electron chi connectivity index (χ3n) is 5.33. The van der Waals surface area contributed by atoms with Gasteiger partial charge in [-0.2, -0.15) is 0 Å². The van der Waals surface area contributed by atoms with Gasteiger partial charge in [0, 0.05) is 46.3 Å². The van der Waals surface area contributed by atoms with Crippen molar-refractivity contribution in [2.75, 3.05) is 73.1 Å². The highest BCUT2D eigenvalue weighted by molar-refractivity contribution is 5.79. The second-order valence-electron chi connectivity index (χ2n) is 7.67. The largest absolute Gasteiger partial charge is 0.490 e. The van der Waals surface area contributed by atoms with Crippen LogP contribution in [0.2, 0.25) is 0 Å². The van der Waals surface area contributed by atoms with Gasteiger partial charge in [0.05, 0.1) is 13.2 Å². The van der Waals surface area contributed by atoms with Gasteiger partial charge >= 0.3 is 0 Å². The maximum Gasteiger partial charge on any atom is 0.190 e. The zero-order valence-electron chi connectivity index (χ0n) is 19.4. The minimum Gasteiger partial charge on any atom is -0.490 e. The van der Waals surface area contributed by atoms with E-state index in [4.69, 9.17) is 9.47 Å². The highest BCUT2D eigenvalue weighted by atomic mass is 16.5. The Balaban J connectivity index is 1.63. The molecule has 1 aliphatic rings. The number of aliphatic imine (C=N–C) groups is 1. The van der Waals surface area contributed by atoms with Crippen molar-refractivity contribution < 1.29 is 9.47 Å². The maximum absolute atomic E-state index is 5.72. The number of unbranched alkanes of at least 4 members (excludes halogenated alkanes) is 1. The summed E-state index contributed by atoms with van der Waals surface area (Å²) in [4.78, 5) is 9.31. The second kappa shape index (κ2) is 14.1. The van der Waals surface area contributed by atoms with Gasteiger partial charge in [0.2, 0.25) is 0 Å². The lowest BCUT2D eigenvalue weighted by Crippen LogP contribution is -2.44. The van der Waals surface area contributed by atoms with Crippen molar-refractivity contribution in [1.82, 2.24) is 20.4 Å². The van der Waals surface area contributed by atoms with Crippen LogP contribution >= 0.6 is 0 Å². The summed E-state index contributed by atoms with van der Waals surface area (Å²) < 4.78 is 11.4. The molecule has 0 radical (unpaired) electrons. The summed E-state index contributed by atoms with van der Waals surface area (Å²) in [7, 11) is 4.03. The Kier molecular flexibility index (Phi) is 11.4. The molecule has 2 N–H and O–H groups in total. The molecule has 1 aliphatic heterocycles. The van der Waals surface area contributed by atoms with Crippen LogP contribution < -0.4 is 20.1 Å². The third-order valence-corrected chi connectivity index (χ3v) is 5.33. The van der Waals surface area contributed by atoms with Crippen molar-refractivity contribution in [1.29, 1.82) is 0 Å². The van der Waals surface area contributed by atoms with Gasteiger partial charge in [-0.05, 0) is 64.4 Å². The van der Waals surface area contributed by atoms with Crippen molar-refractivity contribution >= 4 is 5.96 Å². The topological polar surface area (TPSA) is 61.4 Å². The van der Waals surface area contributed by atoms with E-state index in [1.807, 2.05) is 27.0 Å². The molecule has 0 atom stereocenters. The number of guanidine groups is 1. The predicted molar refractivity (Wildman–Crippen MR) is 125 cm³/mol. The van der Waals surface area contributed by atoms with Crippen molar-refractivity contribution in [3.8, 4) is 11.5 Å². The number of rotatable bonds is 12. The van der Waals surface area contributed by atoms with Gasteiger partial charge in [0.25, 0.3) is 0 Å². The highest BCUT2D eigenvalue weighted by Crippen LogP contribution is 2.28. The smallest absolute Gasteiger partial charge is 0.190 e. The van der Waals surface area contributed by atoms with Crippen molar-refractivity contribution in [3.63, 3.8) is 0 Å². The molecule has 2 rings (SSSR count). The van der Waals surface area contributed by atoms with Crippen molar-refractivity contribution in [3.05, 3.63) is 23.8 Å². The first-order chi connectivity index (χ1) is 14.7. The molecule has 30 heavy (non-hydrogen) atoms. The van der Waals surface area contributed by atoms with E-state index in [1.54, 1.807) is 0 Å². The quantitative estimate of drug-likeness (QED) is 0.308. The second-order valence-corrected chi connectivity index (χ2v) is 7.67. The molecule has 0 amide bonds. The van der Waals surface area contributed by atoms with Crippen LogP contribution in [0.25, 0.3) is 0 Å². The Labute approximate surface area is 182 Å². The Bertz CT molecular complexity index is 630. The molecule has 0 aliphatic carbocycles. The van der Waals surface area contributed by atoms with Crippen LogP contribution in [0.4, 0.5) is 0 Å². The monoisotopic (exact) mass is 419 g/mol. The Morgan fingerprint density at radius 1 is 0.967 bits per heavy atom. The van der Waals surface area contributed by atoms with Gasteiger partial charge < -0.3 is 29.9 Å². The van der Waals surface area contributed by atoms with E-state index in [9.17, 15) is 0 Å². The fourth-order valence-electron chi connectivity index (χ4n) is 3.54. The molecule has 0 spiro atoms. The molecule has 0 aromatic heterocycles. The van der Waals surface area contributed by atoms with Crippen LogP contribution in [0.15, 0.2) is 23.2 Å². The first kappa shape index (κ1) is 24.3. The van der Waals surface area contributed by atoms with Gasteiger partial charge in [-0.15, -0.1) is 0 Å². The van der Waals surface area contributed by atoms with E-state index in [2.05, 4.69) is 44.6 Å². The first-order valence-corrected chi connectivity index (χ1v) is 11.4. The first-order valence-electron chi connectivity index (χ1n) is 11.4. The maximum atomic E-state index is 5.72. The number of piperazine rings is 1. The van der Waals surface area contributed by atoms with Gasteiger partial charge in [-0.1, -0.05) is 6.07 Å². The molecule has 1 aromatic carbocycles. The number of ether oxygens (including phenoxy) is 2. The zero-order chi connectivity index (χ0) is 21.6. The molecule has 7 nitrogen and oxygen atoms in total. The van der Waals surface area contributed by atoms with Crippen LogP contribution in [-0.2, 0) is 6.42 Å². The Morgan fingerprint density at radius 3 is 2.37 bits per heavy atom. The molecule has 0 bridgehead atoms. The number of likely N-dealkylation sites (N-methyl/N-ethyl adjacent to an activating group) is 1. The van der Waals surface area contributed by atoms with Gasteiger partial charge in [0.1, 0.15) is 0 Å². The summed E-state index contributed by atoms with van der Waals surface area (Å²) in [5, 5.41) is 6.83. The van der Waals surface area contributed by atoms with E-state index in [1.165, 1.54) is 44.7 Å². The number of benzene rings is 1. The Morgan fingerprint density at radius 2 is 1.67 bits per heavy atom. The summed E-state index contributed by atoms with van der Waals surface area (Å²) >= 11 is 0. The average Bonchev–Trinajstić information content (AvgIpc) is 2.75. The van der Waals surface area contributed by atoms with Crippen LogP contribution in [0.1, 0.15) is 32.3 Å². The lowest BCUT2D eigenvalue weighted by atomic mass is 10.1. The summed E-state index contributed by atoms with van der Waals surface area (Å²) in [6, 6.07) is 6.17. The van der Waals surface area contributed by atoms with Crippen LogP contribution in [0.5, 0.6) is 11.5 Å². The lowest BCUT2D eigenvalue weighted by molar-refractivity contribution is 0.152. The van der Waals surface area contributed by atoms with E-state index < -0.39 is 0 Å². The fraction of sp³-hybridized carbons (Fsp3) is 0.696. The molecule has 170 valence electrons. The van der Waals surface area contributed by atoms with Gasteiger partial charge in [-0.3, -0.25) is 4.99 Å². The molecule has 1 heterocycles. The molecule has 0 saturated carbocycles. The van der Waals surface area contributed by atoms with E-state index in [0.29, 0.717) is 13.2 Å². The third kappa shape index (κ3) is 8.79. The number of nitrogens with one attached hydrogen (secondary N) is 2. The lowest BCUT2D eigenvalue weighted by Gasteiger charge is -2.32. The highest BCUT2D eigenvalue weighted by Gasteiger charge is 2.12. The summed E-state index contributed by atoms with van der Waals surface area (Å²) in [5.74, 6) is 2.50. The van der Waals surface area contributed by atoms with E-state index in [-0.39, 0.29) is 0 Å². The van der Waals surface area contributed by atoms with Gasteiger partial charge in [-0.25, -0.2) is 0 Å². The SMILES string of the molecule is CCOc1ccc(CCNC(=NC)NCCCCN2CCN(C)CC2)cc1OCC. The Hall–Kier alpha value is -1.99. The van der Waals surface area contributed by atoms with Crippen molar-refractivity contribution in [2.24, 2.45) is 4.99 Å². The minimum atomic E-state index is 0.632. The normalized spacial score (nSPS) is 15.8. The number of hydrogen-bond acceptors (Lipinski definition) is 5. The standard InChI is InChI=1S/C23H41N5O2/c1-5-29-21-10-9-20(19-22(21)30-6-2)11-13-26-23(24-3)25-12-7-8-14-28-17-15-27(4)16-18-28/h9-10,19H,5-8,11-18H2,1-4H3,(H2,24,25,26). The zero-order valence-corrected chi connectivity index (χ0v) is 19.4. The van der Waals surface area contributed by atoms with E-state index in [0.717, 1.165) is 43.4 Å².